The maximum absolute atomic E-state index is 4.23. The molecular formula is C12H19N. The number of hydrogen-bond acceptors (Lipinski definition) is 1. The van der Waals surface area contributed by atoms with Crippen LogP contribution < -0.4 is 0 Å². The normalized spacial score (nSPS) is 14.8. The SMILES string of the molecule is C\C=C/C=C\C(=C/C)C(CC)=NC. The Kier molecular flexibility index (Phi) is 6.89. The fourth-order valence-electron chi connectivity index (χ4n) is 1.12. The first-order valence-corrected chi connectivity index (χ1v) is 4.71. The number of rotatable bonds is 4. The molecule has 0 N–H and O–H groups in total. The van der Waals surface area contributed by atoms with E-state index < -0.39 is 0 Å². The topological polar surface area (TPSA) is 12.4 Å². The van der Waals surface area contributed by atoms with Gasteiger partial charge in [-0.05, 0) is 25.8 Å². The Morgan fingerprint density at radius 2 is 1.92 bits per heavy atom. The van der Waals surface area contributed by atoms with Gasteiger partial charge in [0.1, 0.15) is 0 Å². The lowest BCUT2D eigenvalue weighted by Crippen LogP contribution is -1.98. The minimum absolute atomic E-state index is 0.982. The summed E-state index contributed by atoms with van der Waals surface area (Å²) >= 11 is 0. The van der Waals surface area contributed by atoms with Gasteiger partial charge in [0.2, 0.25) is 0 Å². The van der Waals surface area contributed by atoms with E-state index in [1.165, 1.54) is 5.57 Å². The molecule has 72 valence electrons. The number of hydrogen-bond donors (Lipinski definition) is 0. The highest BCUT2D eigenvalue weighted by molar-refractivity contribution is 6.02. The van der Waals surface area contributed by atoms with Crippen LogP contribution in [0.5, 0.6) is 0 Å². The fourth-order valence-corrected chi connectivity index (χ4v) is 1.12. The first-order chi connectivity index (χ1) is 6.29. The predicted molar refractivity (Wildman–Crippen MR) is 61.4 cm³/mol. The molecule has 13 heavy (non-hydrogen) atoms. The summed E-state index contributed by atoms with van der Waals surface area (Å²) in [5.74, 6) is 0. The van der Waals surface area contributed by atoms with Gasteiger partial charge in [-0.15, -0.1) is 0 Å². The second-order valence-electron chi connectivity index (χ2n) is 2.65. The van der Waals surface area contributed by atoms with Gasteiger partial charge in [-0.3, -0.25) is 4.99 Å². The molecule has 0 saturated heterocycles. The maximum Gasteiger partial charge on any atom is 0.0411 e. The molecule has 0 aromatic rings. The highest BCUT2D eigenvalue weighted by atomic mass is 14.7. The fraction of sp³-hybridized carbons (Fsp3) is 0.417. The zero-order chi connectivity index (χ0) is 10.1. The van der Waals surface area contributed by atoms with Crippen molar-refractivity contribution in [2.24, 2.45) is 4.99 Å². The molecule has 0 fully saturated rings. The van der Waals surface area contributed by atoms with Crippen LogP contribution >= 0.6 is 0 Å². The molecule has 0 aliphatic rings. The summed E-state index contributed by atoms with van der Waals surface area (Å²) in [6.07, 6.45) is 11.2. The molecule has 0 aromatic carbocycles. The Labute approximate surface area is 81.6 Å². The monoisotopic (exact) mass is 177 g/mol. The first kappa shape index (κ1) is 11.9. The molecule has 0 heterocycles. The third kappa shape index (κ3) is 4.46. The van der Waals surface area contributed by atoms with Crippen molar-refractivity contribution in [2.45, 2.75) is 27.2 Å². The van der Waals surface area contributed by atoms with Crippen molar-refractivity contribution in [2.75, 3.05) is 7.05 Å². The quantitative estimate of drug-likeness (QED) is 0.460. The Bertz CT molecular complexity index is 242. The molecule has 0 spiro atoms. The average molecular weight is 177 g/mol. The third-order valence-electron chi connectivity index (χ3n) is 1.83. The molecule has 0 saturated carbocycles. The van der Waals surface area contributed by atoms with Crippen LogP contribution in [0, 0.1) is 0 Å². The zero-order valence-corrected chi connectivity index (χ0v) is 9.04. The predicted octanol–water partition coefficient (Wildman–Crippen LogP) is 3.55. The van der Waals surface area contributed by atoms with E-state index in [4.69, 9.17) is 0 Å². The molecule has 0 unspecified atom stereocenters. The minimum atomic E-state index is 0.982. The van der Waals surface area contributed by atoms with Crippen molar-refractivity contribution in [3.63, 3.8) is 0 Å². The van der Waals surface area contributed by atoms with E-state index in [2.05, 4.69) is 24.1 Å². The molecule has 0 radical (unpaired) electrons. The van der Waals surface area contributed by atoms with Crippen molar-refractivity contribution in [1.29, 1.82) is 0 Å². The van der Waals surface area contributed by atoms with Crippen LogP contribution in [0.3, 0.4) is 0 Å². The van der Waals surface area contributed by atoms with Crippen molar-refractivity contribution in [3.8, 4) is 0 Å². The highest BCUT2D eigenvalue weighted by Gasteiger charge is 1.97. The van der Waals surface area contributed by atoms with Gasteiger partial charge in [0.15, 0.2) is 0 Å². The second kappa shape index (κ2) is 7.53. The lowest BCUT2D eigenvalue weighted by atomic mass is 10.1. The molecule has 0 atom stereocenters. The highest BCUT2D eigenvalue weighted by Crippen LogP contribution is 2.04. The van der Waals surface area contributed by atoms with E-state index in [0.717, 1.165) is 12.1 Å². The zero-order valence-electron chi connectivity index (χ0n) is 9.04. The molecule has 0 aliphatic carbocycles. The smallest absolute Gasteiger partial charge is 0.0411 e. The number of nitrogens with zero attached hydrogens (tertiary/aromatic N) is 1. The summed E-state index contributed by atoms with van der Waals surface area (Å²) in [5.41, 5.74) is 2.37. The number of aliphatic imine (C=N–C) groups is 1. The van der Waals surface area contributed by atoms with Crippen LogP contribution in [-0.4, -0.2) is 12.8 Å². The van der Waals surface area contributed by atoms with E-state index in [1.54, 1.807) is 0 Å². The molecule has 0 amide bonds. The Morgan fingerprint density at radius 1 is 1.23 bits per heavy atom. The van der Waals surface area contributed by atoms with E-state index in [-0.39, 0.29) is 0 Å². The van der Waals surface area contributed by atoms with Crippen LogP contribution in [0.4, 0.5) is 0 Å². The number of allylic oxidation sites excluding steroid dienone is 6. The van der Waals surface area contributed by atoms with E-state index in [1.807, 2.05) is 39.1 Å². The van der Waals surface area contributed by atoms with Gasteiger partial charge in [-0.2, -0.15) is 0 Å². The molecule has 0 rings (SSSR count). The van der Waals surface area contributed by atoms with Gasteiger partial charge < -0.3 is 0 Å². The van der Waals surface area contributed by atoms with Gasteiger partial charge >= 0.3 is 0 Å². The first-order valence-electron chi connectivity index (χ1n) is 4.71. The summed E-state index contributed by atoms with van der Waals surface area (Å²) in [6.45, 7) is 6.17. The van der Waals surface area contributed by atoms with Gasteiger partial charge in [0.25, 0.3) is 0 Å². The molecular weight excluding hydrogens is 158 g/mol. The molecule has 1 heteroatoms. The Morgan fingerprint density at radius 3 is 2.31 bits per heavy atom. The van der Waals surface area contributed by atoms with Crippen molar-refractivity contribution in [1.82, 2.24) is 0 Å². The Hall–Kier alpha value is -1.11. The molecule has 1 nitrogen and oxygen atoms in total. The van der Waals surface area contributed by atoms with E-state index in [9.17, 15) is 0 Å². The summed E-state index contributed by atoms with van der Waals surface area (Å²) in [6, 6.07) is 0. The summed E-state index contributed by atoms with van der Waals surface area (Å²) in [7, 11) is 1.84. The Balaban J connectivity index is 4.54. The molecule has 0 bridgehead atoms. The lowest BCUT2D eigenvalue weighted by molar-refractivity contribution is 1.24. The van der Waals surface area contributed by atoms with Gasteiger partial charge in [0, 0.05) is 12.8 Å². The largest absolute Gasteiger partial charge is 0.292 e. The van der Waals surface area contributed by atoms with Crippen molar-refractivity contribution >= 4 is 5.71 Å². The summed E-state index contributed by atoms with van der Waals surface area (Å²) < 4.78 is 0. The summed E-state index contributed by atoms with van der Waals surface area (Å²) in [5, 5.41) is 0. The minimum Gasteiger partial charge on any atom is -0.292 e. The lowest BCUT2D eigenvalue weighted by Gasteiger charge is -2.01. The van der Waals surface area contributed by atoms with Gasteiger partial charge in [-0.1, -0.05) is 37.3 Å². The van der Waals surface area contributed by atoms with E-state index in [0.29, 0.717) is 0 Å². The van der Waals surface area contributed by atoms with E-state index >= 15 is 0 Å². The van der Waals surface area contributed by atoms with Crippen LogP contribution in [-0.2, 0) is 0 Å². The second-order valence-corrected chi connectivity index (χ2v) is 2.65. The van der Waals surface area contributed by atoms with Crippen molar-refractivity contribution in [3.05, 3.63) is 36.0 Å². The molecule has 0 aromatic heterocycles. The average Bonchev–Trinajstić information content (AvgIpc) is 2.17. The summed E-state index contributed by atoms with van der Waals surface area (Å²) in [4.78, 5) is 4.23. The third-order valence-corrected chi connectivity index (χ3v) is 1.83. The van der Waals surface area contributed by atoms with Crippen LogP contribution in [0.25, 0.3) is 0 Å². The standard InChI is InChI=1S/C12H19N/c1-5-8-9-10-11(6-2)12(7-3)13-4/h5-6,8-10H,7H2,1-4H3/b8-5-,10-9-,11-6+,13-12?. The van der Waals surface area contributed by atoms with Crippen LogP contribution in [0.15, 0.2) is 40.9 Å². The van der Waals surface area contributed by atoms with Gasteiger partial charge in [0.05, 0.1) is 0 Å². The van der Waals surface area contributed by atoms with Gasteiger partial charge in [-0.25, -0.2) is 0 Å². The molecule has 0 aliphatic heterocycles. The van der Waals surface area contributed by atoms with Crippen LogP contribution in [0.2, 0.25) is 0 Å². The van der Waals surface area contributed by atoms with Crippen molar-refractivity contribution < 1.29 is 0 Å². The van der Waals surface area contributed by atoms with Crippen LogP contribution in [0.1, 0.15) is 27.2 Å². The maximum atomic E-state index is 4.23.